The van der Waals surface area contributed by atoms with Crippen LogP contribution in [0.5, 0.6) is 0 Å². The van der Waals surface area contributed by atoms with Gasteiger partial charge in [-0.05, 0) is 137 Å². The van der Waals surface area contributed by atoms with Crippen LogP contribution in [0.1, 0.15) is 93.9 Å². The van der Waals surface area contributed by atoms with Gasteiger partial charge in [-0.2, -0.15) is 0 Å². The molecule has 0 aliphatic carbocycles. The largest absolute Gasteiger partial charge is 0.444 e. The summed E-state index contributed by atoms with van der Waals surface area (Å²) in [6.45, 7) is 10.3. The zero-order valence-corrected chi connectivity index (χ0v) is 35.0. The molecule has 0 unspecified atom stereocenters. The first kappa shape index (κ1) is 40.3. The summed E-state index contributed by atoms with van der Waals surface area (Å²) in [6.07, 6.45) is 13.6. The van der Waals surface area contributed by atoms with E-state index in [1.54, 1.807) is 29.2 Å². The number of imidazole rings is 2. The van der Waals surface area contributed by atoms with Crippen LogP contribution in [0, 0.1) is 11.6 Å². The highest BCUT2D eigenvalue weighted by Gasteiger charge is 2.30. The van der Waals surface area contributed by atoms with Crippen LogP contribution >= 0.6 is 0 Å². The van der Waals surface area contributed by atoms with Crippen molar-refractivity contribution in [2.24, 2.45) is 0 Å². The number of anilines is 2. The fourth-order valence-corrected chi connectivity index (χ4v) is 8.92. The normalized spacial score (nSPS) is 19.5. The molecule has 10 rings (SSSR count). The highest BCUT2D eigenvalue weighted by atomic mass is 19.1. The summed E-state index contributed by atoms with van der Waals surface area (Å²) < 4.78 is 36.9. The molecule has 1 N–H and O–H groups in total. The average molecular weight is 827 g/mol. The molecule has 14 heteroatoms. The molecule has 4 aliphatic rings. The molecule has 2 atom stereocenters. The smallest absolute Gasteiger partial charge is 0.410 e. The van der Waals surface area contributed by atoms with Crippen LogP contribution < -0.4 is 15.1 Å². The average Bonchev–Trinajstić information content (AvgIpc) is 4.10. The zero-order valence-electron chi connectivity index (χ0n) is 35.0. The summed E-state index contributed by atoms with van der Waals surface area (Å²) in [5.41, 5.74) is 7.18. The van der Waals surface area contributed by atoms with E-state index in [0.717, 1.165) is 116 Å². The van der Waals surface area contributed by atoms with Crippen LogP contribution in [0.25, 0.3) is 22.4 Å². The van der Waals surface area contributed by atoms with Gasteiger partial charge in [0.05, 0.1) is 42.4 Å². The Morgan fingerprint density at radius 2 is 1.28 bits per heavy atom. The SMILES string of the molecule is CC(C)(C)OC(=O)N1CCC=C(c2cnc3ccc(N4CCC[C@@H]4c4cccc(F)c4)nn23)C1.Fc1cccc([C@H]2CCCN2c2ccc3ncc(C4=CCCNC4)n3n2)c1. The number of benzene rings is 2. The number of amides is 1. The van der Waals surface area contributed by atoms with E-state index in [4.69, 9.17) is 14.9 Å². The Bertz CT molecular complexity index is 2610. The molecule has 4 aliphatic heterocycles. The fourth-order valence-electron chi connectivity index (χ4n) is 8.92. The molecular weight excluding hydrogens is 775 g/mol. The molecule has 0 saturated carbocycles. The maximum absolute atomic E-state index is 13.9. The van der Waals surface area contributed by atoms with E-state index < -0.39 is 5.60 Å². The minimum Gasteiger partial charge on any atom is -0.444 e. The molecule has 8 heterocycles. The van der Waals surface area contributed by atoms with E-state index in [0.29, 0.717) is 13.1 Å². The van der Waals surface area contributed by atoms with Gasteiger partial charge in [-0.15, -0.1) is 10.2 Å². The van der Waals surface area contributed by atoms with Crippen LogP contribution in [0.2, 0.25) is 0 Å². The number of halogens is 2. The van der Waals surface area contributed by atoms with Crippen LogP contribution in [-0.2, 0) is 4.74 Å². The second-order valence-corrected chi connectivity index (χ2v) is 17.1. The molecule has 316 valence electrons. The molecule has 6 aromatic rings. The van der Waals surface area contributed by atoms with Crippen molar-refractivity contribution in [1.82, 2.24) is 39.4 Å². The third-order valence-electron chi connectivity index (χ3n) is 11.7. The molecule has 12 nitrogen and oxygen atoms in total. The quantitative estimate of drug-likeness (QED) is 0.176. The summed E-state index contributed by atoms with van der Waals surface area (Å²) in [6, 6.07) is 22.0. The summed E-state index contributed by atoms with van der Waals surface area (Å²) in [5, 5.41) is 13.2. The molecule has 0 spiro atoms. The minimum atomic E-state index is -0.536. The Morgan fingerprint density at radius 3 is 1.80 bits per heavy atom. The van der Waals surface area contributed by atoms with E-state index in [9.17, 15) is 13.6 Å². The first-order chi connectivity index (χ1) is 29.6. The van der Waals surface area contributed by atoms with Crippen molar-refractivity contribution in [3.63, 3.8) is 0 Å². The van der Waals surface area contributed by atoms with Gasteiger partial charge in [0, 0.05) is 26.2 Å². The zero-order chi connectivity index (χ0) is 42.1. The number of rotatable bonds is 6. The fraction of sp³-hybridized carbons (Fsp3) is 0.383. The number of fused-ring (bicyclic) bond motifs is 2. The van der Waals surface area contributed by atoms with Crippen molar-refractivity contribution in [2.45, 2.75) is 77.0 Å². The van der Waals surface area contributed by atoms with E-state index in [2.05, 4.69) is 37.2 Å². The Labute approximate surface area is 354 Å². The topological polar surface area (TPSA) is 108 Å². The first-order valence-electron chi connectivity index (χ1n) is 21.4. The lowest BCUT2D eigenvalue weighted by molar-refractivity contribution is 0.0273. The van der Waals surface area contributed by atoms with Crippen molar-refractivity contribution in [1.29, 1.82) is 0 Å². The highest BCUT2D eigenvalue weighted by Crippen LogP contribution is 2.37. The van der Waals surface area contributed by atoms with E-state index >= 15 is 0 Å². The lowest BCUT2D eigenvalue weighted by atomic mass is 10.0. The minimum absolute atomic E-state index is 0.0872. The maximum atomic E-state index is 13.9. The van der Waals surface area contributed by atoms with Gasteiger partial charge in [0.25, 0.3) is 0 Å². The third-order valence-corrected chi connectivity index (χ3v) is 11.7. The van der Waals surface area contributed by atoms with Crippen LogP contribution in [0.15, 0.2) is 97.3 Å². The maximum Gasteiger partial charge on any atom is 0.410 e. The molecule has 0 radical (unpaired) electrons. The number of aromatic nitrogens is 6. The second kappa shape index (κ2) is 17.1. The Morgan fingerprint density at radius 1 is 0.721 bits per heavy atom. The van der Waals surface area contributed by atoms with Crippen molar-refractivity contribution in [2.75, 3.05) is 49.1 Å². The molecule has 61 heavy (non-hydrogen) atoms. The van der Waals surface area contributed by atoms with E-state index in [-0.39, 0.29) is 29.8 Å². The summed E-state index contributed by atoms with van der Waals surface area (Å²) in [4.78, 5) is 27.9. The van der Waals surface area contributed by atoms with Gasteiger partial charge < -0.3 is 24.8 Å². The summed E-state index contributed by atoms with van der Waals surface area (Å²) in [5.74, 6) is 1.34. The lowest BCUT2D eigenvalue weighted by Gasteiger charge is -2.30. The molecular formula is C47H52F2N10O2. The first-order valence-corrected chi connectivity index (χ1v) is 21.4. The van der Waals surface area contributed by atoms with Crippen LogP contribution in [0.3, 0.4) is 0 Å². The standard InChI is InChI=1S/C26H30FN5O2.C21H22FN5/c1-26(2,3)34-25(33)30-13-5-8-19(17-30)22-16-28-23-11-12-24(29-32(22)23)31-14-6-10-21(31)18-7-4-9-20(27)15-18;22-17-6-1-4-15(12-17)18-7-3-11-26(18)21-9-8-20-24-14-19(27(20)25-21)16-5-2-10-23-13-16/h4,7-9,11-12,15-16,21H,5-6,10,13-14,17H2,1-3H3;1,4-6,8-9,12,14,18,23H,2-3,7,10-11,13H2/t21-;18-/m11/s1. The predicted octanol–water partition coefficient (Wildman–Crippen LogP) is 8.82. The molecule has 2 aromatic carbocycles. The number of nitrogens with zero attached hydrogens (tertiary/aromatic N) is 9. The van der Waals surface area contributed by atoms with E-state index in [1.165, 1.54) is 17.7 Å². The number of hydrogen-bond acceptors (Lipinski definition) is 9. The number of nitrogens with one attached hydrogen (secondary N) is 1. The predicted molar refractivity (Wildman–Crippen MR) is 233 cm³/mol. The van der Waals surface area contributed by atoms with Gasteiger partial charge in [-0.1, -0.05) is 36.4 Å². The number of hydrogen-bond donors (Lipinski definition) is 1. The summed E-state index contributed by atoms with van der Waals surface area (Å²) >= 11 is 0. The van der Waals surface area contributed by atoms with Gasteiger partial charge in [0.15, 0.2) is 11.3 Å². The second-order valence-electron chi connectivity index (χ2n) is 17.1. The van der Waals surface area contributed by atoms with Crippen LogP contribution in [0.4, 0.5) is 25.2 Å². The number of carbonyl (C=O) groups is 1. The Hall–Kier alpha value is -6.15. The molecule has 0 bridgehead atoms. The number of carbonyl (C=O) groups excluding carboxylic acids is 1. The lowest BCUT2D eigenvalue weighted by Crippen LogP contribution is -2.39. The monoisotopic (exact) mass is 826 g/mol. The van der Waals surface area contributed by atoms with Crippen molar-refractivity contribution in [3.05, 3.63) is 131 Å². The Kier molecular flexibility index (Phi) is 11.3. The molecule has 4 aromatic heterocycles. The van der Waals surface area contributed by atoms with E-state index in [1.807, 2.05) is 78.6 Å². The van der Waals surface area contributed by atoms with Gasteiger partial charge in [-0.25, -0.2) is 32.6 Å². The Balaban J connectivity index is 0.000000160. The third kappa shape index (κ3) is 8.72. The van der Waals surface area contributed by atoms with Crippen molar-refractivity contribution in [3.8, 4) is 0 Å². The highest BCUT2D eigenvalue weighted by molar-refractivity contribution is 5.75. The number of ether oxygens (including phenoxy) is 1. The molecule has 1 amide bonds. The van der Waals surface area contributed by atoms with Crippen molar-refractivity contribution >= 4 is 40.2 Å². The molecule has 2 fully saturated rings. The van der Waals surface area contributed by atoms with Crippen molar-refractivity contribution < 1.29 is 18.3 Å². The van der Waals surface area contributed by atoms with Crippen LogP contribution in [-0.4, -0.2) is 85.1 Å². The van der Waals surface area contributed by atoms with Gasteiger partial charge in [0.2, 0.25) is 0 Å². The van der Waals surface area contributed by atoms with Gasteiger partial charge in [0.1, 0.15) is 28.9 Å². The molecule has 2 saturated heterocycles. The summed E-state index contributed by atoms with van der Waals surface area (Å²) in [7, 11) is 0. The van der Waals surface area contributed by atoms with Gasteiger partial charge >= 0.3 is 6.09 Å². The van der Waals surface area contributed by atoms with Gasteiger partial charge in [-0.3, -0.25) is 0 Å².